The zero-order chi connectivity index (χ0) is 17.3. The number of halogens is 3. The molecule has 2 heterocycles. The molecule has 0 fully saturated rings. The van der Waals surface area contributed by atoms with E-state index < -0.39 is 11.7 Å². The van der Waals surface area contributed by atoms with Crippen molar-refractivity contribution in [1.82, 2.24) is 19.5 Å². The number of alkyl halides is 3. The predicted molar refractivity (Wildman–Crippen MR) is 84.5 cm³/mol. The summed E-state index contributed by atoms with van der Waals surface area (Å²) in [5.41, 5.74) is 1.41. The van der Waals surface area contributed by atoms with Crippen molar-refractivity contribution in [1.29, 1.82) is 0 Å². The van der Waals surface area contributed by atoms with Crippen LogP contribution >= 0.6 is 0 Å². The smallest absolute Gasteiger partial charge is 0.364 e. The highest BCUT2D eigenvalue weighted by Crippen LogP contribution is 2.29. The zero-order valence-corrected chi connectivity index (χ0v) is 13.2. The van der Waals surface area contributed by atoms with Crippen LogP contribution in [-0.2, 0) is 12.7 Å². The molecule has 0 aliphatic heterocycles. The largest absolute Gasteiger partial charge is 0.416 e. The second-order valence-corrected chi connectivity index (χ2v) is 5.69. The van der Waals surface area contributed by atoms with Gasteiger partial charge in [0.15, 0.2) is 11.5 Å². The van der Waals surface area contributed by atoms with Crippen LogP contribution in [-0.4, -0.2) is 19.5 Å². The van der Waals surface area contributed by atoms with Gasteiger partial charge in [0.25, 0.3) is 0 Å². The minimum atomic E-state index is -4.32. The molecule has 0 unspecified atom stereocenters. The van der Waals surface area contributed by atoms with E-state index in [0.717, 1.165) is 23.3 Å². The second kappa shape index (κ2) is 6.10. The van der Waals surface area contributed by atoms with Gasteiger partial charge in [-0.25, -0.2) is 15.0 Å². The van der Waals surface area contributed by atoms with Gasteiger partial charge in [0.2, 0.25) is 0 Å². The maximum atomic E-state index is 12.6. The van der Waals surface area contributed by atoms with Crippen molar-refractivity contribution in [3.63, 3.8) is 0 Å². The summed E-state index contributed by atoms with van der Waals surface area (Å²) in [7, 11) is 0. The highest BCUT2D eigenvalue weighted by molar-refractivity contribution is 5.82. The molecule has 3 rings (SSSR count). The fourth-order valence-corrected chi connectivity index (χ4v) is 2.36. The Kier molecular flexibility index (Phi) is 4.13. The molecule has 1 aromatic carbocycles. The Balaban J connectivity index is 1.79. The molecule has 0 radical (unpaired) electrons. The van der Waals surface area contributed by atoms with Gasteiger partial charge in [-0.05, 0) is 31.5 Å². The topological polar surface area (TPSA) is 55.6 Å². The lowest BCUT2D eigenvalue weighted by atomic mass is 10.1. The van der Waals surface area contributed by atoms with E-state index in [1.807, 2.05) is 18.4 Å². The lowest BCUT2D eigenvalue weighted by Gasteiger charge is -2.10. The van der Waals surface area contributed by atoms with E-state index in [2.05, 4.69) is 20.3 Å². The van der Waals surface area contributed by atoms with Gasteiger partial charge >= 0.3 is 6.18 Å². The molecular formula is C16H16F3N5. The molecule has 0 amide bonds. The van der Waals surface area contributed by atoms with Crippen LogP contribution in [0.5, 0.6) is 0 Å². The van der Waals surface area contributed by atoms with Crippen LogP contribution in [0.2, 0.25) is 0 Å². The molecule has 0 saturated carbocycles. The number of aromatic nitrogens is 4. The lowest BCUT2D eigenvalue weighted by Crippen LogP contribution is -2.06. The third-order valence-electron chi connectivity index (χ3n) is 3.66. The minimum Gasteiger partial charge on any atom is -0.364 e. The average molecular weight is 335 g/mol. The highest BCUT2D eigenvalue weighted by atomic mass is 19.4. The summed E-state index contributed by atoms with van der Waals surface area (Å²) in [5.74, 6) is 0.555. The first-order valence-electron chi connectivity index (χ1n) is 7.44. The maximum Gasteiger partial charge on any atom is 0.416 e. The molecule has 24 heavy (non-hydrogen) atoms. The molecule has 1 N–H and O–H groups in total. The van der Waals surface area contributed by atoms with Crippen molar-refractivity contribution in [3.8, 4) is 0 Å². The van der Waals surface area contributed by atoms with Crippen molar-refractivity contribution >= 4 is 17.0 Å². The first-order chi connectivity index (χ1) is 11.4. The third kappa shape index (κ3) is 3.17. The van der Waals surface area contributed by atoms with Crippen LogP contribution in [0.25, 0.3) is 11.2 Å². The number of hydrogen-bond donors (Lipinski definition) is 1. The van der Waals surface area contributed by atoms with Gasteiger partial charge in [-0.3, -0.25) is 0 Å². The number of hydrogen-bond acceptors (Lipinski definition) is 4. The fraction of sp³-hybridized carbons (Fsp3) is 0.312. The molecule has 0 aliphatic carbocycles. The molecule has 0 atom stereocenters. The van der Waals surface area contributed by atoms with Gasteiger partial charge in [0, 0.05) is 12.6 Å². The van der Waals surface area contributed by atoms with E-state index >= 15 is 0 Å². The summed E-state index contributed by atoms with van der Waals surface area (Å²) < 4.78 is 39.6. The van der Waals surface area contributed by atoms with Crippen molar-refractivity contribution in [3.05, 3.63) is 48.0 Å². The van der Waals surface area contributed by atoms with Gasteiger partial charge in [-0.2, -0.15) is 13.2 Å². The lowest BCUT2D eigenvalue weighted by molar-refractivity contribution is -0.137. The molecular weight excluding hydrogens is 319 g/mol. The summed E-state index contributed by atoms with van der Waals surface area (Å²) in [4.78, 5) is 12.7. The molecule has 3 aromatic rings. The van der Waals surface area contributed by atoms with Gasteiger partial charge < -0.3 is 9.88 Å². The van der Waals surface area contributed by atoms with Gasteiger partial charge in [0.1, 0.15) is 11.8 Å². The van der Waals surface area contributed by atoms with Crippen LogP contribution in [0.1, 0.15) is 31.0 Å². The number of nitrogens with zero attached hydrogens (tertiary/aromatic N) is 4. The van der Waals surface area contributed by atoms with E-state index in [1.54, 1.807) is 6.33 Å². The standard InChI is InChI=1S/C16H16F3N5/c1-10(2)24-9-23-13-14(21-8-22-15(13)24)20-7-11-3-5-12(6-4-11)16(17,18)19/h3-6,8-10H,7H2,1-2H3,(H,20,21,22). The molecule has 0 aliphatic rings. The third-order valence-corrected chi connectivity index (χ3v) is 3.66. The van der Waals surface area contributed by atoms with E-state index in [1.165, 1.54) is 18.5 Å². The normalized spacial score (nSPS) is 12.1. The monoisotopic (exact) mass is 335 g/mol. The average Bonchev–Trinajstić information content (AvgIpc) is 2.97. The maximum absolute atomic E-state index is 12.6. The Hall–Kier alpha value is -2.64. The molecule has 0 spiro atoms. The van der Waals surface area contributed by atoms with E-state index in [4.69, 9.17) is 0 Å². The van der Waals surface area contributed by atoms with Crippen LogP contribution < -0.4 is 5.32 Å². The van der Waals surface area contributed by atoms with Gasteiger partial charge in [0.05, 0.1) is 11.9 Å². The predicted octanol–water partition coefficient (Wildman–Crippen LogP) is 4.04. The van der Waals surface area contributed by atoms with Crippen molar-refractivity contribution in [2.45, 2.75) is 32.6 Å². The van der Waals surface area contributed by atoms with Gasteiger partial charge in [-0.1, -0.05) is 12.1 Å². The first kappa shape index (κ1) is 16.2. The summed E-state index contributed by atoms with van der Waals surface area (Å²) >= 11 is 0. The summed E-state index contributed by atoms with van der Waals surface area (Å²) in [6.07, 6.45) is -1.18. The Morgan fingerprint density at radius 2 is 1.79 bits per heavy atom. The van der Waals surface area contributed by atoms with Crippen LogP contribution in [0.15, 0.2) is 36.9 Å². The highest BCUT2D eigenvalue weighted by Gasteiger charge is 2.29. The van der Waals surface area contributed by atoms with Crippen molar-refractivity contribution in [2.75, 3.05) is 5.32 Å². The number of nitrogens with one attached hydrogen (secondary N) is 1. The van der Waals surface area contributed by atoms with Crippen molar-refractivity contribution < 1.29 is 13.2 Å². The molecule has 0 saturated heterocycles. The molecule has 126 valence electrons. The summed E-state index contributed by atoms with van der Waals surface area (Å²) in [5, 5.41) is 3.11. The Bertz CT molecular complexity index is 837. The quantitative estimate of drug-likeness (QED) is 0.782. The first-order valence-corrected chi connectivity index (χ1v) is 7.44. The molecule has 2 aromatic heterocycles. The molecule has 8 heteroatoms. The van der Waals surface area contributed by atoms with Crippen LogP contribution in [0.4, 0.5) is 19.0 Å². The fourth-order valence-electron chi connectivity index (χ4n) is 2.36. The minimum absolute atomic E-state index is 0.215. The Morgan fingerprint density at radius 3 is 2.42 bits per heavy atom. The van der Waals surface area contributed by atoms with Crippen LogP contribution in [0, 0.1) is 0 Å². The number of rotatable bonds is 4. The molecule has 5 nitrogen and oxygen atoms in total. The SMILES string of the molecule is CC(C)n1cnc2c(NCc3ccc(C(F)(F)F)cc3)ncnc21. The zero-order valence-electron chi connectivity index (χ0n) is 13.2. The summed E-state index contributed by atoms with van der Waals surface area (Å²) in [6, 6.07) is 5.25. The Labute approximate surface area is 136 Å². The number of benzene rings is 1. The number of anilines is 1. The number of imidazole rings is 1. The van der Waals surface area contributed by atoms with Crippen LogP contribution in [0.3, 0.4) is 0 Å². The number of fused-ring (bicyclic) bond motifs is 1. The van der Waals surface area contributed by atoms with E-state index in [-0.39, 0.29) is 6.04 Å². The van der Waals surface area contributed by atoms with Gasteiger partial charge in [-0.15, -0.1) is 0 Å². The summed E-state index contributed by atoms with van der Waals surface area (Å²) in [6.45, 7) is 4.40. The second-order valence-electron chi connectivity index (χ2n) is 5.69. The molecule has 0 bridgehead atoms. The van der Waals surface area contributed by atoms with Crippen molar-refractivity contribution in [2.24, 2.45) is 0 Å². The van der Waals surface area contributed by atoms with E-state index in [9.17, 15) is 13.2 Å². The Morgan fingerprint density at radius 1 is 1.08 bits per heavy atom. The van der Waals surface area contributed by atoms with E-state index in [0.29, 0.717) is 17.9 Å².